The Morgan fingerprint density at radius 1 is 1.38 bits per heavy atom. The van der Waals surface area contributed by atoms with Crippen molar-refractivity contribution in [2.24, 2.45) is 5.92 Å². The van der Waals surface area contributed by atoms with Gasteiger partial charge >= 0.3 is 5.97 Å². The highest BCUT2D eigenvalue weighted by atomic mass is 32.1. The van der Waals surface area contributed by atoms with Crippen LogP contribution in [0.4, 0.5) is 5.13 Å². The van der Waals surface area contributed by atoms with E-state index in [1.54, 1.807) is 23.7 Å². The first kappa shape index (κ1) is 15.1. The van der Waals surface area contributed by atoms with E-state index in [1.165, 1.54) is 7.11 Å². The molecule has 1 aliphatic heterocycles. The quantitative estimate of drug-likeness (QED) is 0.679. The van der Waals surface area contributed by atoms with Gasteiger partial charge in [0.25, 0.3) is 0 Å². The third-order valence-electron chi connectivity index (χ3n) is 4.29. The molecule has 0 radical (unpaired) electrons. The number of hydrogen-bond donors (Lipinski definition) is 0. The number of nitrogens with zero attached hydrogens (tertiary/aromatic N) is 5. The molecule has 7 nitrogen and oxygen atoms in total. The third kappa shape index (κ3) is 2.73. The van der Waals surface area contributed by atoms with E-state index in [0.29, 0.717) is 0 Å². The maximum absolute atomic E-state index is 11.6. The Morgan fingerprint density at radius 3 is 2.88 bits per heavy atom. The number of methoxy groups -OCH3 is 1. The molecule has 1 fully saturated rings. The zero-order valence-electron chi connectivity index (χ0n) is 13.3. The molecule has 0 amide bonds. The van der Waals surface area contributed by atoms with E-state index in [-0.39, 0.29) is 11.9 Å². The fourth-order valence-electron chi connectivity index (χ4n) is 2.94. The molecule has 3 aromatic heterocycles. The van der Waals surface area contributed by atoms with Crippen LogP contribution in [0, 0.1) is 5.92 Å². The molecule has 24 heavy (non-hydrogen) atoms. The second-order valence-electron chi connectivity index (χ2n) is 5.76. The van der Waals surface area contributed by atoms with Crippen LogP contribution < -0.4 is 4.90 Å². The minimum absolute atomic E-state index is 0.00692. The summed E-state index contributed by atoms with van der Waals surface area (Å²) in [6, 6.07) is 3.88. The van der Waals surface area contributed by atoms with Crippen molar-refractivity contribution >= 4 is 27.4 Å². The van der Waals surface area contributed by atoms with Crippen LogP contribution in [0.1, 0.15) is 12.8 Å². The van der Waals surface area contributed by atoms with Crippen molar-refractivity contribution < 1.29 is 9.53 Å². The number of anilines is 1. The number of aromatic nitrogens is 4. The zero-order chi connectivity index (χ0) is 16.5. The number of ether oxygens (including phenoxy) is 1. The average molecular weight is 343 g/mol. The summed E-state index contributed by atoms with van der Waals surface area (Å²) in [5, 5.41) is 5.58. The normalized spacial score (nSPS) is 15.8. The first-order valence-electron chi connectivity index (χ1n) is 7.84. The highest BCUT2D eigenvalue weighted by Gasteiger charge is 2.27. The van der Waals surface area contributed by atoms with Crippen molar-refractivity contribution in [1.82, 2.24) is 19.6 Å². The molecule has 0 aromatic carbocycles. The predicted octanol–water partition coefficient (Wildman–Crippen LogP) is 2.24. The molecule has 0 unspecified atom stereocenters. The van der Waals surface area contributed by atoms with Gasteiger partial charge in [-0.1, -0.05) is 11.3 Å². The Hall–Kier alpha value is -2.48. The number of carbonyl (C=O) groups is 1. The second kappa shape index (κ2) is 6.20. The SMILES string of the molecule is COC(=O)C1CCN(c2nn3cc(-c4cccnc4)nc3s2)CC1. The molecule has 124 valence electrons. The van der Waals surface area contributed by atoms with Gasteiger partial charge in [0, 0.05) is 31.0 Å². The fraction of sp³-hybridized carbons (Fsp3) is 0.375. The van der Waals surface area contributed by atoms with E-state index >= 15 is 0 Å². The third-order valence-corrected chi connectivity index (χ3v) is 5.27. The molecule has 1 saturated heterocycles. The monoisotopic (exact) mass is 343 g/mol. The number of piperidine rings is 1. The molecule has 0 spiro atoms. The largest absolute Gasteiger partial charge is 0.469 e. The molecular formula is C16H17N5O2S. The summed E-state index contributed by atoms with van der Waals surface area (Å²) >= 11 is 1.56. The van der Waals surface area contributed by atoms with Crippen molar-refractivity contribution in [1.29, 1.82) is 0 Å². The van der Waals surface area contributed by atoms with E-state index in [1.807, 2.05) is 22.8 Å². The molecule has 4 heterocycles. The number of esters is 1. The van der Waals surface area contributed by atoms with E-state index in [9.17, 15) is 4.79 Å². The van der Waals surface area contributed by atoms with Gasteiger partial charge in [0.2, 0.25) is 10.1 Å². The van der Waals surface area contributed by atoms with Crippen molar-refractivity contribution in [3.8, 4) is 11.3 Å². The van der Waals surface area contributed by atoms with Crippen LogP contribution in [0.3, 0.4) is 0 Å². The number of fused-ring (bicyclic) bond motifs is 1. The molecule has 3 aromatic rings. The van der Waals surface area contributed by atoms with Gasteiger partial charge in [-0.25, -0.2) is 9.50 Å². The van der Waals surface area contributed by atoms with Gasteiger partial charge in [-0.2, -0.15) is 0 Å². The van der Waals surface area contributed by atoms with Gasteiger partial charge in [0.05, 0.1) is 24.9 Å². The lowest BCUT2D eigenvalue weighted by Gasteiger charge is -2.29. The standard InChI is InChI=1S/C16H17N5O2S/c1-23-14(22)11-4-7-20(8-5-11)16-19-21-10-13(18-15(21)24-16)12-3-2-6-17-9-12/h2-3,6,9-11H,4-5,7-8H2,1H3. The van der Waals surface area contributed by atoms with Crippen LogP contribution in [-0.4, -0.2) is 45.8 Å². The number of rotatable bonds is 3. The summed E-state index contributed by atoms with van der Waals surface area (Å²) in [5.41, 5.74) is 1.86. The highest BCUT2D eigenvalue weighted by molar-refractivity contribution is 7.20. The fourth-order valence-corrected chi connectivity index (χ4v) is 3.88. The van der Waals surface area contributed by atoms with Crippen LogP contribution >= 0.6 is 11.3 Å². The molecule has 0 atom stereocenters. The maximum Gasteiger partial charge on any atom is 0.308 e. The van der Waals surface area contributed by atoms with Gasteiger partial charge in [-0.05, 0) is 25.0 Å². The number of carbonyl (C=O) groups excluding carboxylic acids is 1. The summed E-state index contributed by atoms with van der Waals surface area (Å²) in [6.07, 6.45) is 7.07. The van der Waals surface area contributed by atoms with E-state index in [2.05, 4.69) is 20.0 Å². The molecule has 4 rings (SSSR count). The molecular weight excluding hydrogens is 326 g/mol. The topological polar surface area (TPSA) is 72.6 Å². The van der Waals surface area contributed by atoms with Crippen molar-refractivity contribution in [2.75, 3.05) is 25.1 Å². The smallest absolute Gasteiger partial charge is 0.308 e. The number of imidazole rings is 1. The van der Waals surface area contributed by atoms with Gasteiger partial charge in [0.15, 0.2) is 0 Å². The van der Waals surface area contributed by atoms with Crippen LogP contribution in [-0.2, 0) is 9.53 Å². The summed E-state index contributed by atoms with van der Waals surface area (Å²) in [5.74, 6) is -0.0998. The Morgan fingerprint density at radius 2 is 2.21 bits per heavy atom. The second-order valence-corrected chi connectivity index (χ2v) is 6.70. The van der Waals surface area contributed by atoms with Gasteiger partial charge in [-0.3, -0.25) is 9.78 Å². The first-order chi connectivity index (χ1) is 11.7. The van der Waals surface area contributed by atoms with Crippen LogP contribution in [0.5, 0.6) is 0 Å². The van der Waals surface area contributed by atoms with Crippen LogP contribution in [0.15, 0.2) is 30.7 Å². The van der Waals surface area contributed by atoms with E-state index in [0.717, 1.165) is 47.3 Å². The van der Waals surface area contributed by atoms with Crippen molar-refractivity contribution in [3.05, 3.63) is 30.7 Å². The summed E-state index contributed by atoms with van der Waals surface area (Å²) in [6.45, 7) is 1.62. The molecule has 0 saturated carbocycles. The average Bonchev–Trinajstić information content (AvgIpc) is 3.21. The highest BCUT2D eigenvalue weighted by Crippen LogP contribution is 2.29. The predicted molar refractivity (Wildman–Crippen MR) is 91.0 cm³/mol. The van der Waals surface area contributed by atoms with Crippen LogP contribution in [0.25, 0.3) is 16.2 Å². The van der Waals surface area contributed by atoms with Gasteiger partial charge in [-0.15, -0.1) is 5.10 Å². The molecule has 1 aliphatic rings. The summed E-state index contributed by atoms with van der Waals surface area (Å²) in [4.78, 5) is 23.4. The molecule has 0 bridgehead atoms. The maximum atomic E-state index is 11.6. The van der Waals surface area contributed by atoms with E-state index in [4.69, 9.17) is 4.74 Å². The molecule has 0 N–H and O–H groups in total. The summed E-state index contributed by atoms with van der Waals surface area (Å²) < 4.78 is 6.65. The van der Waals surface area contributed by atoms with Gasteiger partial charge < -0.3 is 9.64 Å². The lowest BCUT2D eigenvalue weighted by molar-refractivity contribution is -0.146. The minimum Gasteiger partial charge on any atom is -0.469 e. The lowest BCUT2D eigenvalue weighted by atomic mass is 9.97. The van der Waals surface area contributed by atoms with E-state index < -0.39 is 0 Å². The number of pyridine rings is 1. The lowest BCUT2D eigenvalue weighted by Crippen LogP contribution is -2.36. The molecule has 8 heteroatoms. The number of hydrogen-bond acceptors (Lipinski definition) is 7. The van der Waals surface area contributed by atoms with Crippen molar-refractivity contribution in [2.45, 2.75) is 12.8 Å². The Labute approximate surface area is 142 Å². The first-order valence-corrected chi connectivity index (χ1v) is 8.65. The Bertz CT molecular complexity index is 820. The Kier molecular flexibility index (Phi) is 3.89. The van der Waals surface area contributed by atoms with Crippen molar-refractivity contribution in [3.63, 3.8) is 0 Å². The molecule has 0 aliphatic carbocycles. The summed E-state index contributed by atoms with van der Waals surface area (Å²) in [7, 11) is 1.45. The van der Waals surface area contributed by atoms with Crippen LogP contribution in [0.2, 0.25) is 0 Å². The van der Waals surface area contributed by atoms with Gasteiger partial charge in [0.1, 0.15) is 0 Å². The Balaban J connectivity index is 1.51. The zero-order valence-corrected chi connectivity index (χ0v) is 14.1. The minimum atomic E-state index is -0.107.